The summed E-state index contributed by atoms with van der Waals surface area (Å²) in [6.45, 7) is 0.809. The summed E-state index contributed by atoms with van der Waals surface area (Å²) in [5, 5.41) is 0. The first-order valence-corrected chi connectivity index (χ1v) is 3.81. The topological polar surface area (TPSA) is 26.0 Å². The Bertz CT molecular complexity index is 97.1. The third-order valence-corrected chi connectivity index (χ3v) is 1.85. The second-order valence-corrected chi connectivity index (χ2v) is 2.65. The zero-order chi connectivity index (χ0) is 6.53. The zero-order valence-corrected chi connectivity index (χ0v) is 5.90. The Labute approximate surface area is 56.9 Å². The fraction of sp³-hybridized carbons (Fsp3) is 0.750. The van der Waals surface area contributed by atoms with Crippen molar-refractivity contribution in [2.24, 2.45) is 5.73 Å². The molecule has 1 fully saturated rings. The van der Waals surface area contributed by atoms with Crippen molar-refractivity contribution in [1.82, 2.24) is 0 Å². The molecule has 9 heavy (non-hydrogen) atoms. The molecular formula is C8H15N. The molecule has 1 heteroatoms. The maximum absolute atomic E-state index is 5.36. The lowest BCUT2D eigenvalue weighted by atomic mass is 10.2. The molecule has 1 aliphatic rings. The van der Waals surface area contributed by atoms with E-state index in [1.54, 1.807) is 5.57 Å². The standard InChI is InChI=1S/C8H15N/c9-7-3-6-8-4-1-2-5-8/h6H,1-5,7,9H2. The maximum atomic E-state index is 5.36. The lowest BCUT2D eigenvalue weighted by Gasteiger charge is -1.91. The van der Waals surface area contributed by atoms with Gasteiger partial charge >= 0.3 is 0 Å². The zero-order valence-electron chi connectivity index (χ0n) is 5.90. The van der Waals surface area contributed by atoms with Crippen LogP contribution in [-0.2, 0) is 0 Å². The molecule has 2 N–H and O–H groups in total. The molecule has 0 aliphatic heterocycles. The molecule has 0 aromatic heterocycles. The van der Waals surface area contributed by atoms with Crippen molar-refractivity contribution in [3.05, 3.63) is 11.6 Å². The number of nitrogens with two attached hydrogens (primary N) is 1. The summed E-state index contributed by atoms with van der Waals surface area (Å²) in [6.07, 6.45) is 8.86. The maximum Gasteiger partial charge on any atom is -0.00425 e. The molecule has 0 amide bonds. The molecule has 0 bridgehead atoms. The summed E-state index contributed by atoms with van der Waals surface area (Å²) in [7, 11) is 0. The molecular weight excluding hydrogens is 110 g/mol. The van der Waals surface area contributed by atoms with Gasteiger partial charge in [0.25, 0.3) is 0 Å². The lowest BCUT2D eigenvalue weighted by Crippen LogP contribution is -1.95. The van der Waals surface area contributed by atoms with Crippen LogP contribution in [0.4, 0.5) is 0 Å². The second kappa shape index (κ2) is 3.67. The Hall–Kier alpha value is -0.300. The van der Waals surface area contributed by atoms with Gasteiger partial charge in [0, 0.05) is 0 Å². The van der Waals surface area contributed by atoms with Gasteiger partial charge in [-0.3, -0.25) is 0 Å². The molecule has 0 aromatic carbocycles. The quantitative estimate of drug-likeness (QED) is 0.560. The van der Waals surface area contributed by atoms with E-state index in [1.807, 2.05) is 0 Å². The van der Waals surface area contributed by atoms with E-state index in [1.165, 1.54) is 25.7 Å². The Morgan fingerprint density at radius 3 is 2.56 bits per heavy atom. The summed E-state index contributed by atoms with van der Waals surface area (Å²) in [5.74, 6) is 0. The third-order valence-electron chi connectivity index (χ3n) is 1.85. The van der Waals surface area contributed by atoms with Crippen molar-refractivity contribution in [2.45, 2.75) is 32.1 Å². The molecule has 1 aliphatic carbocycles. The average Bonchev–Trinajstić information content (AvgIpc) is 2.34. The second-order valence-electron chi connectivity index (χ2n) is 2.65. The van der Waals surface area contributed by atoms with E-state index < -0.39 is 0 Å². The van der Waals surface area contributed by atoms with Crippen molar-refractivity contribution < 1.29 is 0 Å². The van der Waals surface area contributed by atoms with E-state index in [4.69, 9.17) is 5.73 Å². The highest BCUT2D eigenvalue weighted by atomic mass is 14.5. The number of hydrogen-bond acceptors (Lipinski definition) is 1. The molecule has 1 nitrogen and oxygen atoms in total. The highest BCUT2D eigenvalue weighted by Gasteiger charge is 2.04. The van der Waals surface area contributed by atoms with Crippen LogP contribution in [-0.4, -0.2) is 6.54 Å². The Morgan fingerprint density at radius 1 is 1.33 bits per heavy atom. The van der Waals surface area contributed by atoms with Gasteiger partial charge in [0.15, 0.2) is 0 Å². The van der Waals surface area contributed by atoms with Crippen LogP contribution in [0.15, 0.2) is 11.6 Å². The van der Waals surface area contributed by atoms with E-state index in [2.05, 4.69) is 6.08 Å². The van der Waals surface area contributed by atoms with Crippen LogP contribution in [0.2, 0.25) is 0 Å². The van der Waals surface area contributed by atoms with E-state index in [0.717, 1.165) is 13.0 Å². The molecule has 0 radical (unpaired) electrons. The summed E-state index contributed by atoms with van der Waals surface area (Å²) in [5.41, 5.74) is 7.00. The Morgan fingerprint density at radius 2 is 2.00 bits per heavy atom. The van der Waals surface area contributed by atoms with Crippen LogP contribution in [0.3, 0.4) is 0 Å². The van der Waals surface area contributed by atoms with Crippen molar-refractivity contribution in [1.29, 1.82) is 0 Å². The molecule has 1 saturated carbocycles. The van der Waals surface area contributed by atoms with Crippen LogP contribution < -0.4 is 5.73 Å². The number of allylic oxidation sites excluding steroid dienone is 1. The molecule has 0 atom stereocenters. The van der Waals surface area contributed by atoms with E-state index in [0.29, 0.717) is 0 Å². The molecule has 0 heterocycles. The van der Waals surface area contributed by atoms with Crippen LogP contribution in [0, 0.1) is 0 Å². The van der Waals surface area contributed by atoms with Crippen LogP contribution >= 0.6 is 0 Å². The Balaban J connectivity index is 2.22. The van der Waals surface area contributed by atoms with Crippen molar-refractivity contribution in [3.8, 4) is 0 Å². The average molecular weight is 125 g/mol. The Kier molecular flexibility index (Phi) is 2.78. The van der Waals surface area contributed by atoms with Gasteiger partial charge in [0.1, 0.15) is 0 Å². The highest BCUT2D eigenvalue weighted by molar-refractivity contribution is 5.05. The van der Waals surface area contributed by atoms with Gasteiger partial charge in [-0.15, -0.1) is 0 Å². The van der Waals surface area contributed by atoms with Crippen molar-refractivity contribution in [3.63, 3.8) is 0 Å². The van der Waals surface area contributed by atoms with Crippen molar-refractivity contribution >= 4 is 0 Å². The molecule has 0 aromatic rings. The van der Waals surface area contributed by atoms with Crippen LogP contribution in [0.5, 0.6) is 0 Å². The fourth-order valence-electron chi connectivity index (χ4n) is 1.32. The predicted octanol–water partition coefficient (Wildman–Crippen LogP) is 1.84. The van der Waals surface area contributed by atoms with Crippen LogP contribution in [0.1, 0.15) is 32.1 Å². The lowest BCUT2D eigenvalue weighted by molar-refractivity contribution is 0.886. The van der Waals surface area contributed by atoms with Gasteiger partial charge in [-0.2, -0.15) is 0 Å². The monoisotopic (exact) mass is 125 g/mol. The van der Waals surface area contributed by atoms with Gasteiger partial charge in [0.05, 0.1) is 0 Å². The summed E-state index contributed by atoms with van der Waals surface area (Å²) in [4.78, 5) is 0. The van der Waals surface area contributed by atoms with Gasteiger partial charge in [-0.25, -0.2) is 0 Å². The predicted molar refractivity (Wildman–Crippen MR) is 40.2 cm³/mol. The van der Waals surface area contributed by atoms with Gasteiger partial charge in [0.2, 0.25) is 0 Å². The molecule has 52 valence electrons. The summed E-state index contributed by atoms with van der Waals surface area (Å²) >= 11 is 0. The summed E-state index contributed by atoms with van der Waals surface area (Å²) < 4.78 is 0. The minimum absolute atomic E-state index is 0.809. The molecule has 1 rings (SSSR count). The van der Waals surface area contributed by atoms with Gasteiger partial charge in [-0.1, -0.05) is 11.6 Å². The van der Waals surface area contributed by atoms with Crippen LogP contribution in [0.25, 0.3) is 0 Å². The smallest absolute Gasteiger partial charge is 0.00425 e. The first-order valence-electron chi connectivity index (χ1n) is 3.81. The minimum atomic E-state index is 0.809. The molecule has 0 spiro atoms. The van der Waals surface area contributed by atoms with E-state index in [-0.39, 0.29) is 0 Å². The van der Waals surface area contributed by atoms with E-state index >= 15 is 0 Å². The first kappa shape index (κ1) is 6.81. The van der Waals surface area contributed by atoms with Gasteiger partial charge in [-0.05, 0) is 38.6 Å². The van der Waals surface area contributed by atoms with E-state index in [9.17, 15) is 0 Å². The van der Waals surface area contributed by atoms with Crippen molar-refractivity contribution in [2.75, 3.05) is 6.54 Å². The molecule has 0 saturated heterocycles. The normalized spacial score (nSPS) is 18.6. The first-order chi connectivity index (χ1) is 4.43. The van der Waals surface area contributed by atoms with Gasteiger partial charge < -0.3 is 5.73 Å². The summed E-state index contributed by atoms with van der Waals surface area (Å²) in [6, 6.07) is 0. The minimum Gasteiger partial charge on any atom is -0.330 e. The molecule has 0 unspecified atom stereocenters. The fourth-order valence-corrected chi connectivity index (χ4v) is 1.32. The number of hydrogen-bond donors (Lipinski definition) is 1. The third kappa shape index (κ3) is 2.19. The SMILES string of the molecule is NCCC=C1CCCC1. The highest BCUT2D eigenvalue weighted by Crippen LogP contribution is 2.23. The largest absolute Gasteiger partial charge is 0.330 e. The number of rotatable bonds is 2.